The topological polar surface area (TPSA) is 61.4 Å². The Kier molecular flexibility index (Phi) is 7.05. The molecule has 0 saturated carbocycles. The highest BCUT2D eigenvalue weighted by molar-refractivity contribution is 5.86. The molecule has 0 fully saturated rings. The van der Waals surface area contributed by atoms with Gasteiger partial charge in [-0.2, -0.15) is 0 Å². The SMILES string of the molecule is CC(=O)NC(C(=O)NCc1ccc(CN(C)C)cc1)C(C)C. The summed E-state index contributed by atoms with van der Waals surface area (Å²) in [7, 11) is 4.06. The molecule has 0 spiro atoms. The van der Waals surface area contributed by atoms with Gasteiger partial charge < -0.3 is 15.5 Å². The van der Waals surface area contributed by atoms with Crippen molar-refractivity contribution in [3.8, 4) is 0 Å². The second-order valence-electron chi connectivity index (χ2n) is 6.19. The summed E-state index contributed by atoms with van der Waals surface area (Å²) in [6.45, 7) is 6.60. The number of rotatable bonds is 7. The Labute approximate surface area is 133 Å². The first-order chi connectivity index (χ1) is 10.3. The molecule has 0 saturated heterocycles. The Morgan fingerprint density at radius 3 is 2.09 bits per heavy atom. The largest absolute Gasteiger partial charge is 0.350 e. The summed E-state index contributed by atoms with van der Waals surface area (Å²) in [6.07, 6.45) is 0. The molecular weight excluding hydrogens is 278 g/mol. The van der Waals surface area contributed by atoms with Crippen LogP contribution in [0.2, 0.25) is 0 Å². The quantitative estimate of drug-likeness (QED) is 0.803. The van der Waals surface area contributed by atoms with E-state index in [1.807, 2.05) is 40.1 Å². The average molecular weight is 305 g/mol. The number of benzene rings is 1. The molecular formula is C17H27N3O2. The molecule has 0 aliphatic heterocycles. The number of amides is 2. The van der Waals surface area contributed by atoms with Crippen LogP contribution in [-0.4, -0.2) is 36.9 Å². The van der Waals surface area contributed by atoms with Crippen molar-refractivity contribution in [1.29, 1.82) is 0 Å². The number of carbonyl (C=O) groups is 2. The fourth-order valence-corrected chi connectivity index (χ4v) is 2.18. The predicted molar refractivity (Wildman–Crippen MR) is 88.1 cm³/mol. The molecule has 122 valence electrons. The molecule has 0 aliphatic carbocycles. The van der Waals surface area contributed by atoms with Crippen LogP contribution in [-0.2, 0) is 22.7 Å². The van der Waals surface area contributed by atoms with E-state index in [0.717, 1.165) is 12.1 Å². The molecule has 1 rings (SSSR count). The Morgan fingerprint density at radius 1 is 1.09 bits per heavy atom. The Balaban J connectivity index is 2.57. The molecule has 0 aliphatic rings. The maximum atomic E-state index is 12.2. The van der Waals surface area contributed by atoms with Gasteiger partial charge >= 0.3 is 0 Å². The third-order valence-electron chi connectivity index (χ3n) is 3.30. The monoisotopic (exact) mass is 305 g/mol. The van der Waals surface area contributed by atoms with Gasteiger partial charge in [0.1, 0.15) is 6.04 Å². The minimum Gasteiger partial charge on any atom is -0.350 e. The smallest absolute Gasteiger partial charge is 0.243 e. The number of nitrogens with zero attached hydrogens (tertiary/aromatic N) is 1. The maximum Gasteiger partial charge on any atom is 0.243 e. The van der Waals surface area contributed by atoms with Gasteiger partial charge in [0.2, 0.25) is 11.8 Å². The van der Waals surface area contributed by atoms with Crippen molar-refractivity contribution in [2.75, 3.05) is 14.1 Å². The molecule has 1 aromatic carbocycles. The normalized spacial score (nSPS) is 12.3. The van der Waals surface area contributed by atoms with Crippen LogP contribution in [0, 0.1) is 5.92 Å². The van der Waals surface area contributed by atoms with Gasteiger partial charge in [-0.05, 0) is 31.1 Å². The van der Waals surface area contributed by atoms with Crippen LogP contribution in [0.3, 0.4) is 0 Å². The summed E-state index contributed by atoms with van der Waals surface area (Å²) in [5.74, 6) is -0.296. The molecule has 0 heterocycles. The van der Waals surface area contributed by atoms with Crippen molar-refractivity contribution in [3.63, 3.8) is 0 Å². The molecule has 1 aromatic rings. The van der Waals surface area contributed by atoms with E-state index in [1.165, 1.54) is 12.5 Å². The summed E-state index contributed by atoms with van der Waals surface area (Å²) in [5, 5.41) is 5.57. The van der Waals surface area contributed by atoms with E-state index in [0.29, 0.717) is 6.54 Å². The van der Waals surface area contributed by atoms with E-state index in [4.69, 9.17) is 0 Å². The number of hydrogen-bond acceptors (Lipinski definition) is 3. The van der Waals surface area contributed by atoms with E-state index in [-0.39, 0.29) is 17.7 Å². The van der Waals surface area contributed by atoms with Gasteiger partial charge in [-0.25, -0.2) is 0 Å². The highest BCUT2D eigenvalue weighted by Gasteiger charge is 2.22. The lowest BCUT2D eigenvalue weighted by molar-refractivity contribution is -0.129. The first-order valence-electron chi connectivity index (χ1n) is 7.57. The second-order valence-corrected chi connectivity index (χ2v) is 6.19. The molecule has 1 unspecified atom stereocenters. The Bertz CT molecular complexity index is 495. The number of hydrogen-bond donors (Lipinski definition) is 2. The van der Waals surface area contributed by atoms with Gasteiger partial charge in [0.25, 0.3) is 0 Å². The fraction of sp³-hybridized carbons (Fsp3) is 0.529. The van der Waals surface area contributed by atoms with Gasteiger partial charge in [-0.15, -0.1) is 0 Å². The maximum absolute atomic E-state index is 12.2. The van der Waals surface area contributed by atoms with E-state index in [2.05, 4.69) is 27.7 Å². The van der Waals surface area contributed by atoms with Crippen LogP contribution in [0.1, 0.15) is 31.9 Å². The molecule has 2 N–H and O–H groups in total. The van der Waals surface area contributed by atoms with Crippen LogP contribution in [0.5, 0.6) is 0 Å². The molecule has 5 nitrogen and oxygen atoms in total. The summed E-state index contributed by atoms with van der Waals surface area (Å²) in [5.41, 5.74) is 2.28. The van der Waals surface area contributed by atoms with Gasteiger partial charge in [0.05, 0.1) is 0 Å². The highest BCUT2D eigenvalue weighted by atomic mass is 16.2. The average Bonchev–Trinajstić information content (AvgIpc) is 2.42. The molecule has 22 heavy (non-hydrogen) atoms. The van der Waals surface area contributed by atoms with Crippen molar-refractivity contribution in [2.24, 2.45) is 5.92 Å². The van der Waals surface area contributed by atoms with Crippen LogP contribution < -0.4 is 10.6 Å². The minimum atomic E-state index is -0.495. The molecule has 5 heteroatoms. The van der Waals surface area contributed by atoms with Crippen LogP contribution in [0.25, 0.3) is 0 Å². The zero-order chi connectivity index (χ0) is 16.7. The Morgan fingerprint density at radius 2 is 1.64 bits per heavy atom. The van der Waals surface area contributed by atoms with E-state index >= 15 is 0 Å². The standard InChI is InChI=1S/C17H27N3O2/c1-12(2)16(19-13(3)21)17(22)18-10-14-6-8-15(9-7-14)11-20(4)5/h6-9,12,16H,10-11H2,1-5H3,(H,18,22)(H,19,21). The fourth-order valence-electron chi connectivity index (χ4n) is 2.18. The summed E-state index contributed by atoms with van der Waals surface area (Å²) in [4.78, 5) is 25.4. The molecule has 0 bridgehead atoms. The lowest BCUT2D eigenvalue weighted by atomic mass is 10.0. The highest BCUT2D eigenvalue weighted by Crippen LogP contribution is 2.07. The lowest BCUT2D eigenvalue weighted by Gasteiger charge is -2.21. The van der Waals surface area contributed by atoms with Crippen molar-refractivity contribution in [1.82, 2.24) is 15.5 Å². The summed E-state index contributed by atoms with van der Waals surface area (Å²) in [6, 6.07) is 7.67. The van der Waals surface area contributed by atoms with Crippen molar-refractivity contribution < 1.29 is 9.59 Å². The summed E-state index contributed by atoms with van der Waals surface area (Å²) >= 11 is 0. The molecule has 1 atom stereocenters. The number of carbonyl (C=O) groups excluding carboxylic acids is 2. The van der Waals surface area contributed by atoms with Crippen LogP contribution >= 0.6 is 0 Å². The lowest BCUT2D eigenvalue weighted by Crippen LogP contribution is -2.48. The van der Waals surface area contributed by atoms with Crippen molar-refractivity contribution in [3.05, 3.63) is 35.4 Å². The predicted octanol–water partition coefficient (Wildman–Crippen LogP) is 1.53. The second kappa shape index (κ2) is 8.54. The van der Waals surface area contributed by atoms with E-state index in [1.54, 1.807) is 0 Å². The molecule has 0 aromatic heterocycles. The molecule has 0 radical (unpaired) electrons. The molecule has 2 amide bonds. The first-order valence-corrected chi connectivity index (χ1v) is 7.57. The van der Waals surface area contributed by atoms with Gasteiger partial charge in [-0.1, -0.05) is 38.1 Å². The van der Waals surface area contributed by atoms with Gasteiger partial charge in [0.15, 0.2) is 0 Å². The van der Waals surface area contributed by atoms with Crippen molar-refractivity contribution in [2.45, 2.75) is 39.9 Å². The summed E-state index contributed by atoms with van der Waals surface area (Å²) < 4.78 is 0. The zero-order valence-electron chi connectivity index (χ0n) is 14.1. The van der Waals surface area contributed by atoms with Crippen LogP contribution in [0.4, 0.5) is 0 Å². The zero-order valence-corrected chi connectivity index (χ0v) is 14.1. The van der Waals surface area contributed by atoms with E-state index in [9.17, 15) is 9.59 Å². The van der Waals surface area contributed by atoms with E-state index < -0.39 is 6.04 Å². The minimum absolute atomic E-state index is 0.0476. The van der Waals surface area contributed by atoms with Gasteiger partial charge in [0, 0.05) is 20.0 Å². The first kappa shape index (κ1) is 18.2. The third kappa shape index (κ3) is 6.26. The van der Waals surface area contributed by atoms with Gasteiger partial charge in [-0.3, -0.25) is 9.59 Å². The Hall–Kier alpha value is -1.88. The number of nitrogens with one attached hydrogen (secondary N) is 2. The van der Waals surface area contributed by atoms with Crippen molar-refractivity contribution >= 4 is 11.8 Å². The third-order valence-corrected chi connectivity index (χ3v) is 3.30. The van der Waals surface area contributed by atoms with Crippen LogP contribution in [0.15, 0.2) is 24.3 Å².